The molecule has 1 amide bonds. The lowest BCUT2D eigenvalue weighted by atomic mass is 10.0. The van der Waals surface area contributed by atoms with Gasteiger partial charge in [0.2, 0.25) is 0 Å². The molecule has 18 heavy (non-hydrogen) atoms. The highest BCUT2D eigenvalue weighted by Gasteiger charge is 2.25. The van der Waals surface area contributed by atoms with Crippen molar-refractivity contribution in [1.29, 1.82) is 0 Å². The third kappa shape index (κ3) is 3.89. The predicted octanol–water partition coefficient (Wildman–Crippen LogP) is 3.39. The Balaban J connectivity index is 2.66. The van der Waals surface area contributed by atoms with Crippen LogP contribution in [0.1, 0.15) is 37.2 Å². The summed E-state index contributed by atoms with van der Waals surface area (Å²) in [5, 5.41) is 3.46. The van der Waals surface area contributed by atoms with Gasteiger partial charge in [-0.25, -0.2) is 0 Å². The molecule has 1 aromatic rings. The fraction of sp³-hybridized carbons (Fsp3) is 0.538. The Kier molecular flexibility index (Phi) is 5.96. The Labute approximate surface area is 118 Å². The number of rotatable bonds is 6. The molecule has 0 aliphatic rings. The molecule has 100 valence electrons. The maximum absolute atomic E-state index is 11.9. The number of nitrogens with one attached hydrogen (secondary N) is 1. The summed E-state index contributed by atoms with van der Waals surface area (Å²) in [5.74, 6) is -0.169. The van der Waals surface area contributed by atoms with Crippen LogP contribution in [-0.2, 0) is 0 Å². The smallest absolute Gasteiger partial charge is 0.269 e. The molecule has 0 unspecified atom stereocenters. The van der Waals surface area contributed by atoms with Crippen LogP contribution in [0.2, 0.25) is 5.02 Å². The SMILES string of the molecule is CCC(CC)(CNC(=O)c1cc(Cl)ccn1)SC. The van der Waals surface area contributed by atoms with Crippen LogP contribution in [0.4, 0.5) is 0 Å². The summed E-state index contributed by atoms with van der Waals surface area (Å²) < 4.78 is 0.105. The summed E-state index contributed by atoms with van der Waals surface area (Å²) in [5.41, 5.74) is 0.365. The highest BCUT2D eigenvalue weighted by atomic mass is 35.5. The van der Waals surface area contributed by atoms with Gasteiger partial charge in [0.05, 0.1) is 0 Å². The number of carbonyl (C=O) groups excluding carboxylic acids is 1. The lowest BCUT2D eigenvalue weighted by Gasteiger charge is -2.29. The van der Waals surface area contributed by atoms with Crippen LogP contribution >= 0.6 is 23.4 Å². The zero-order chi connectivity index (χ0) is 13.6. The number of hydrogen-bond donors (Lipinski definition) is 1. The quantitative estimate of drug-likeness (QED) is 0.872. The fourth-order valence-electron chi connectivity index (χ4n) is 1.72. The van der Waals surface area contributed by atoms with Crippen LogP contribution in [0.5, 0.6) is 0 Å². The monoisotopic (exact) mass is 286 g/mol. The molecule has 0 fully saturated rings. The second-order valence-electron chi connectivity index (χ2n) is 4.14. The summed E-state index contributed by atoms with van der Waals surface area (Å²) in [6.07, 6.45) is 5.66. The Morgan fingerprint density at radius 2 is 2.17 bits per heavy atom. The van der Waals surface area contributed by atoms with Crippen molar-refractivity contribution in [3.63, 3.8) is 0 Å². The summed E-state index contributed by atoms with van der Waals surface area (Å²) in [7, 11) is 0. The van der Waals surface area contributed by atoms with Crippen LogP contribution in [0.3, 0.4) is 0 Å². The molecule has 1 heterocycles. The lowest BCUT2D eigenvalue weighted by Crippen LogP contribution is -2.39. The van der Waals surface area contributed by atoms with E-state index in [1.807, 2.05) is 0 Å². The standard InChI is InChI=1S/C13H19ClN2OS/c1-4-13(5-2,18-3)9-16-12(17)11-8-10(14)6-7-15-11/h6-8H,4-5,9H2,1-3H3,(H,16,17). The van der Waals surface area contributed by atoms with Gasteiger partial charge >= 0.3 is 0 Å². The number of pyridine rings is 1. The van der Waals surface area contributed by atoms with Gasteiger partial charge in [0.15, 0.2) is 0 Å². The van der Waals surface area contributed by atoms with Crippen molar-refractivity contribution in [1.82, 2.24) is 10.3 Å². The van der Waals surface area contributed by atoms with E-state index in [1.54, 1.807) is 30.1 Å². The minimum atomic E-state index is -0.169. The highest BCUT2D eigenvalue weighted by molar-refractivity contribution is 8.00. The molecule has 1 N–H and O–H groups in total. The normalized spacial score (nSPS) is 11.3. The number of hydrogen-bond acceptors (Lipinski definition) is 3. The first-order valence-electron chi connectivity index (χ1n) is 6.02. The van der Waals surface area contributed by atoms with Crippen LogP contribution in [0.15, 0.2) is 18.3 Å². The van der Waals surface area contributed by atoms with Crippen LogP contribution < -0.4 is 5.32 Å². The van der Waals surface area contributed by atoms with Crippen molar-refractivity contribution < 1.29 is 4.79 Å². The van der Waals surface area contributed by atoms with E-state index in [1.165, 1.54) is 0 Å². The van der Waals surface area contributed by atoms with E-state index in [4.69, 9.17) is 11.6 Å². The van der Waals surface area contributed by atoms with E-state index >= 15 is 0 Å². The first kappa shape index (κ1) is 15.3. The molecule has 0 spiro atoms. The Morgan fingerprint density at radius 3 is 2.67 bits per heavy atom. The average Bonchev–Trinajstić information content (AvgIpc) is 2.40. The minimum absolute atomic E-state index is 0.105. The molecule has 1 rings (SSSR count). The van der Waals surface area contributed by atoms with Gasteiger partial charge in [-0.15, -0.1) is 0 Å². The molecular weight excluding hydrogens is 268 g/mol. The molecule has 0 bridgehead atoms. The molecule has 0 aromatic carbocycles. The van der Waals surface area contributed by atoms with E-state index in [2.05, 4.69) is 30.4 Å². The summed E-state index contributed by atoms with van der Waals surface area (Å²) in [4.78, 5) is 16.0. The Bertz CT molecular complexity index is 399. The van der Waals surface area contributed by atoms with E-state index in [-0.39, 0.29) is 10.7 Å². The first-order valence-corrected chi connectivity index (χ1v) is 7.62. The minimum Gasteiger partial charge on any atom is -0.349 e. The number of halogens is 1. The summed E-state index contributed by atoms with van der Waals surface area (Å²) in [6, 6.07) is 3.23. The zero-order valence-corrected chi connectivity index (χ0v) is 12.6. The maximum Gasteiger partial charge on any atom is 0.269 e. The lowest BCUT2D eigenvalue weighted by molar-refractivity contribution is 0.0944. The van der Waals surface area contributed by atoms with Gasteiger partial charge in [-0.05, 0) is 31.2 Å². The number of amides is 1. The highest BCUT2D eigenvalue weighted by Crippen LogP contribution is 2.29. The topological polar surface area (TPSA) is 42.0 Å². The first-order chi connectivity index (χ1) is 8.56. The van der Waals surface area contributed by atoms with Gasteiger partial charge in [-0.2, -0.15) is 11.8 Å². The third-order valence-corrected chi connectivity index (χ3v) is 5.07. The maximum atomic E-state index is 11.9. The largest absolute Gasteiger partial charge is 0.349 e. The summed E-state index contributed by atoms with van der Waals surface area (Å²) in [6.45, 7) is 4.93. The van der Waals surface area contributed by atoms with Crippen molar-refractivity contribution >= 4 is 29.3 Å². The molecule has 0 aliphatic carbocycles. The molecule has 0 saturated heterocycles. The molecular formula is C13H19ClN2OS. The van der Waals surface area contributed by atoms with Gasteiger partial charge < -0.3 is 5.32 Å². The fourth-order valence-corrected chi connectivity index (χ4v) is 2.68. The van der Waals surface area contributed by atoms with Gasteiger partial charge in [0.25, 0.3) is 5.91 Å². The van der Waals surface area contributed by atoms with Gasteiger partial charge in [-0.3, -0.25) is 9.78 Å². The van der Waals surface area contributed by atoms with E-state index < -0.39 is 0 Å². The van der Waals surface area contributed by atoms with Crippen molar-refractivity contribution in [3.05, 3.63) is 29.0 Å². The van der Waals surface area contributed by atoms with Crippen molar-refractivity contribution in [2.24, 2.45) is 0 Å². The number of thioether (sulfide) groups is 1. The molecule has 0 radical (unpaired) electrons. The van der Waals surface area contributed by atoms with E-state index in [0.717, 1.165) is 12.8 Å². The predicted molar refractivity (Wildman–Crippen MR) is 78.4 cm³/mol. The molecule has 1 aromatic heterocycles. The van der Waals surface area contributed by atoms with Crippen molar-refractivity contribution in [2.75, 3.05) is 12.8 Å². The van der Waals surface area contributed by atoms with E-state index in [9.17, 15) is 4.79 Å². The second kappa shape index (κ2) is 7.00. The van der Waals surface area contributed by atoms with E-state index in [0.29, 0.717) is 17.3 Å². The number of aromatic nitrogens is 1. The second-order valence-corrected chi connectivity index (χ2v) is 5.85. The Morgan fingerprint density at radius 1 is 1.50 bits per heavy atom. The molecule has 0 atom stereocenters. The molecule has 0 aliphatic heterocycles. The van der Waals surface area contributed by atoms with Gasteiger partial charge in [0.1, 0.15) is 5.69 Å². The molecule has 0 saturated carbocycles. The molecule has 5 heteroatoms. The van der Waals surface area contributed by atoms with Crippen LogP contribution in [0, 0.1) is 0 Å². The van der Waals surface area contributed by atoms with Crippen LogP contribution in [-0.4, -0.2) is 28.4 Å². The van der Waals surface area contributed by atoms with Gasteiger partial charge in [-0.1, -0.05) is 25.4 Å². The summed E-state index contributed by atoms with van der Waals surface area (Å²) >= 11 is 7.63. The van der Waals surface area contributed by atoms with Crippen molar-refractivity contribution in [2.45, 2.75) is 31.4 Å². The van der Waals surface area contributed by atoms with Crippen molar-refractivity contribution in [3.8, 4) is 0 Å². The molecule has 3 nitrogen and oxygen atoms in total. The average molecular weight is 287 g/mol. The van der Waals surface area contributed by atoms with Gasteiger partial charge in [0, 0.05) is 22.5 Å². The Hall–Kier alpha value is -0.740. The van der Waals surface area contributed by atoms with Crippen LogP contribution in [0.25, 0.3) is 0 Å². The number of nitrogens with zero attached hydrogens (tertiary/aromatic N) is 1. The third-order valence-electron chi connectivity index (χ3n) is 3.25. The number of carbonyl (C=O) groups is 1. The zero-order valence-electron chi connectivity index (χ0n) is 11.0.